The number of nitrogens with zero attached hydrogens (tertiary/aromatic N) is 4. The molecule has 0 aliphatic carbocycles. The van der Waals surface area contributed by atoms with Crippen molar-refractivity contribution in [2.24, 2.45) is 12.0 Å². The number of nitrogens with one attached hydrogen (secondary N) is 1. The Labute approximate surface area is 177 Å². The Kier molecular flexibility index (Phi) is 6.93. The van der Waals surface area contributed by atoms with E-state index in [1.54, 1.807) is 0 Å². The molecule has 2 saturated heterocycles. The number of hydrogen-bond donors (Lipinski definition) is 1. The van der Waals surface area contributed by atoms with Crippen LogP contribution < -0.4 is 5.32 Å². The standard InChI is InChI=1S/C19H27N5O2.HI/c1-20-19(24-9-11-26-17(13-24)16-8-5-10-25-16)21-12-18-22-14-6-3-4-7-15(14)23(18)2;/h3-4,6-7,16-17H,5,8-13H2,1-2H3,(H,20,21);1H. The number of guanidine groups is 1. The van der Waals surface area contributed by atoms with Gasteiger partial charge in [-0.2, -0.15) is 0 Å². The molecule has 0 saturated carbocycles. The summed E-state index contributed by atoms with van der Waals surface area (Å²) in [6.45, 7) is 3.85. The van der Waals surface area contributed by atoms with E-state index in [4.69, 9.17) is 14.5 Å². The molecule has 4 rings (SSSR count). The van der Waals surface area contributed by atoms with Gasteiger partial charge in [0.1, 0.15) is 11.9 Å². The van der Waals surface area contributed by atoms with Crippen LogP contribution in [0.25, 0.3) is 11.0 Å². The van der Waals surface area contributed by atoms with Crippen molar-refractivity contribution in [2.45, 2.75) is 31.6 Å². The van der Waals surface area contributed by atoms with Crippen LogP contribution in [0, 0.1) is 0 Å². The summed E-state index contributed by atoms with van der Waals surface area (Å²) in [5, 5.41) is 3.46. The number of para-hydroxylation sites is 2. The molecule has 7 nitrogen and oxygen atoms in total. The molecule has 2 aliphatic heterocycles. The zero-order valence-corrected chi connectivity index (χ0v) is 18.3. The van der Waals surface area contributed by atoms with Crippen molar-refractivity contribution >= 4 is 41.0 Å². The molecular weight excluding hydrogens is 457 g/mol. The van der Waals surface area contributed by atoms with Crippen molar-refractivity contribution < 1.29 is 9.47 Å². The summed E-state index contributed by atoms with van der Waals surface area (Å²) in [5.41, 5.74) is 2.16. The number of halogens is 1. The lowest BCUT2D eigenvalue weighted by Crippen LogP contribution is -2.53. The highest BCUT2D eigenvalue weighted by Gasteiger charge is 2.32. The lowest BCUT2D eigenvalue weighted by molar-refractivity contribution is -0.0817. The van der Waals surface area contributed by atoms with Crippen LogP contribution in [-0.2, 0) is 23.1 Å². The Bertz CT molecular complexity index is 787. The Morgan fingerprint density at radius 1 is 1.26 bits per heavy atom. The third-order valence-electron chi connectivity index (χ3n) is 5.27. The molecule has 2 aromatic rings. The number of rotatable bonds is 3. The largest absolute Gasteiger partial charge is 0.375 e. The molecule has 8 heteroatoms. The van der Waals surface area contributed by atoms with E-state index in [1.165, 1.54) is 0 Å². The molecule has 0 spiro atoms. The molecule has 1 aromatic carbocycles. The van der Waals surface area contributed by atoms with Gasteiger partial charge < -0.3 is 24.3 Å². The van der Waals surface area contributed by atoms with Crippen LogP contribution in [0.15, 0.2) is 29.3 Å². The minimum Gasteiger partial charge on any atom is -0.375 e. The summed E-state index contributed by atoms with van der Waals surface area (Å²) in [6.07, 6.45) is 2.56. The van der Waals surface area contributed by atoms with E-state index in [9.17, 15) is 0 Å². The zero-order valence-electron chi connectivity index (χ0n) is 15.9. The molecule has 2 aliphatic rings. The minimum atomic E-state index is 0. The monoisotopic (exact) mass is 485 g/mol. The number of aryl methyl sites for hydroxylation is 1. The molecule has 2 atom stereocenters. The number of imidazole rings is 1. The Morgan fingerprint density at radius 2 is 2.07 bits per heavy atom. The van der Waals surface area contributed by atoms with E-state index in [-0.39, 0.29) is 36.2 Å². The molecule has 27 heavy (non-hydrogen) atoms. The number of aliphatic imine (C=N–C) groups is 1. The second-order valence-corrected chi connectivity index (χ2v) is 6.88. The van der Waals surface area contributed by atoms with Crippen molar-refractivity contribution in [1.29, 1.82) is 0 Å². The van der Waals surface area contributed by atoms with E-state index in [0.29, 0.717) is 13.2 Å². The Hall–Kier alpha value is -1.39. The summed E-state index contributed by atoms with van der Waals surface area (Å²) < 4.78 is 13.9. The maximum Gasteiger partial charge on any atom is 0.194 e. The number of aromatic nitrogens is 2. The molecule has 3 heterocycles. The first-order chi connectivity index (χ1) is 12.8. The maximum atomic E-state index is 5.94. The quantitative estimate of drug-likeness (QED) is 0.410. The van der Waals surface area contributed by atoms with E-state index in [1.807, 2.05) is 25.2 Å². The first-order valence-electron chi connectivity index (χ1n) is 9.35. The van der Waals surface area contributed by atoms with Gasteiger partial charge in [0.2, 0.25) is 0 Å². The summed E-state index contributed by atoms with van der Waals surface area (Å²) in [6, 6.07) is 8.19. The van der Waals surface area contributed by atoms with Gasteiger partial charge in [-0.05, 0) is 25.0 Å². The summed E-state index contributed by atoms with van der Waals surface area (Å²) in [7, 11) is 3.88. The van der Waals surface area contributed by atoms with Crippen LogP contribution in [0.4, 0.5) is 0 Å². The smallest absolute Gasteiger partial charge is 0.194 e. The van der Waals surface area contributed by atoms with Crippen molar-refractivity contribution in [3.63, 3.8) is 0 Å². The first kappa shape index (κ1) is 20.3. The lowest BCUT2D eigenvalue weighted by atomic mass is 10.1. The topological polar surface area (TPSA) is 63.9 Å². The predicted molar refractivity (Wildman–Crippen MR) is 117 cm³/mol. The summed E-state index contributed by atoms with van der Waals surface area (Å²) >= 11 is 0. The minimum absolute atomic E-state index is 0. The third kappa shape index (κ3) is 4.38. The molecule has 2 unspecified atom stereocenters. The average Bonchev–Trinajstić information content (AvgIpc) is 3.32. The van der Waals surface area contributed by atoms with Crippen LogP contribution in [0.3, 0.4) is 0 Å². The van der Waals surface area contributed by atoms with Crippen LogP contribution >= 0.6 is 24.0 Å². The van der Waals surface area contributed by atoms with Gasteiger partial charge in [-0.1, -0.05) is 12.1 Å². The van der Waals surface area contributed by atoms with Crippen molar-refractivity contribution in [2.75, 3.05) is 33.4 Å². The van der Waals surface area contributed by atoms with Crippen LogP contribution in [0.2, 0.25) is 0 Å². The van der Waals surface area contributed by atoms with Gasteiger partial charge in [-0.25, -0.2) is 4.98 Å². The highest BCUT2D eigenvalue weighted by Crippen LogP contribution is 2.21. The number of fused-ring (bicyclic) bond motifs is 1. The fraction of sp³-hybridized carbons (Fsp3) is 0.579. The van der Waals surface area contributed by atoms with Gasteiger partial charge in [0.15, 0.2) is 5.96 Å². The molecule has 1 N–H and O–H groups in total. The number of benzene rings is 1. The van der Waals surface area contributed by atoms with Gasteiger partial charge in [0.25, 0.3) is 0 Å². The second kappa shape index (κ2) is 9.20. The molecule has 0 amide bonds. The molecule has 1 aromatic heterocycles. The maximum absolute atomic E-state index is 5.94. The fourth-order valence-corrected chi connectivity index (χ4v) is 3.83. The van der Waals surface area contributed by atoms with Crippen LogP contribution in [-0.4, -0.2) is 66.0 Å². The molecule has 0 radical (unpaired) electrons. The van der Waals surface area contributed by atoms with Gasteiger partial charge in [-0.3, -0.25) is 4.99 Å². The molecule has 2 fully saturated rings. The Balaban J connectivity index is 0.00000210. The van der Waals surface area contributed by atoms with Gasteiger partial charge in [-0.15, -0.1) is 24.0 Å². The number of morpholine rings is 1. The SMILES string of the molecule is CN=C(NCc1nc2ccccc2n1C)N1CCOC(C2CCCO2)C1.I. The predicted octanol–water partition coefficient (Wildman–Crippen LogP) is 2.15. The highest BCUT2D eigenvalue weighted by atomic mass is 127. The third-order valence-corrected chi connectivity index (χ3v) is 5.27. The van der Waals surface area contributed by atoms with Gasteiger partial charge in [0.05, 0.1) is 30.3 Å². The molecule has 0 bridgehead atoms. The summed E-state index contributed by atoms with van der Waals surface area (Å²) in [4.78, 5) is 11.5. The normalized spacial score (nSPS) is 23.5. The fourth-order valence-electron chi connectivity index (χ4n) is 3.83. The van der Waals surface area contributed by atoms with E-state index in [2.05, 4.69) is 32.9 Å². The Morgan fingerprint density at radius 3 is 2.81 bits per heavy atom. The van der Waals surface area contributed by atoms with Crippen LogP contribution in [0.1, 0.15) is 18.7 Å². The summed E-state index contributed by atoms with van der Waals surface area (Å²) in [5.74, 6) is 1.89. The number of ether oxygens (including phenoxy) is 2. The van der Waals surface area contributed by atoms with Crippen molar-refractivity contribution in [3.05, 3.63) is 30.1 Å². The van der Waals surface area contributed by atoms with Crippen molar-refractivity contribution in [3.8, 4) is 0 Å². The van der Waals surface area contributed by atoms with Crippen LogP contribution in [0.5, 0.6) is 0 Å². The van der Waals surface area contributed by atoms with Gasteiger partial charge in [0, 0.05) is 33.8 Å². The molecular formula is C19H28IN5O2. The molecule has 148 valence electrons. The zero-order chi connectivity index (χ0) is 17.9. The van der Waals surface area contributed by atoms with Crippen molar-refractivity contribution in [1.82, 2.24) is 19.8 Å². The number of hydrogen-bond acceptors (Lipinski definition) is 4. The van der Waals surface area contributed by atoms with E-state index < -0.39 is 0 Å². The second-order valence-electron chi connectivity index (χ2n) is 6.88. The average molecular weight is 485 g/mol. The van der Waals surface area contributed by atoms with Gasteiger partial charge >= 0.3 is 0 Å². The lowest BCUT2D eigenvalue weighted by Gasteiger charge is -2.37. The highest BCUT2D eigenvalue weighted by molar-refractivity contribution is 14.0. The van der Waals surface area contributed by atoms with E-state index in [0.717, 1.165) is 55.4 Å². The van der Waals surface area contributed by atoms with E-state index >= 15 is 0 Å². The first-order valence-corrected chi connectivity index (χ1v) is 9.35.